The maximum Gasteiger partial charge on any atom is 0.287 e. The Balaban J connectivity index is 1.66. The largest absolute Gasteiger partial charge is 0.486 e. The number of nitrogens with one attached hydrogen (secondary N) is 1. The number of hydrogen-bond donors (Lipinski definition) is 1. The van der Waals surface area contributed by atoms with Gasteiger partial charge in [0, 0.05) is 17.5 Å². The molecule has 0 fully saturated rings. The monoisotopic (exact) mass is 391 g/mol. The van der Waals surface area contributed by atoms with Crippen LogP contribution in [0.3, 0.4) is 0 Å². The molecule has 1 aliphatic rings. The normalized spacial score (nSPS) is 18.4. The molecule has 4 rings (SSSR count). The van der Waals surface area contributed by atoms with Crippen molar-refractivity contribution in [3.8, 4) is 5.75 Å². The second kappa shape index (κ2) is 7.07. The molecule has 2 heterocycles. The molecule has 1 aliphatic heterocycles. The molecule has 5 heteroatoms. The molecule has 0 saturated carbocycles. The number of benzene rings is 2. The molecule has 1 amide bonds. The van der Waals surface area contributed by atoms with E-state index >= 15 is 0 Å². The van der Waals surface area contributed by atoms with Crippen molar-refractivity contribution in [1.29, 1.82) is 0 Å². The van der Waals surface area contributed by atoms with Crippen molar-refractivity contribution < 1.29 is 18.7 Å². The average Bonchev–Trinajstić information content (AvgIpc) is 3.04. The van der Waals surface area contributed by atoms with Gasteiger partial charge in [0.25, 0.3) is 5.91 Å². The Morgan fingerprint density at radius 1 is 1.14 bits per heavy atom. The van der Waals surface area contributed by atoms with E-state index in [0.717, 1.165) is 12.0 Å². The summed E-state index contributed by atoms with van der Waals surface area (Å²) in [5.41, 5.74) is 3.40. The maximum absolute atomic E-state index is 12.9. The fourth-order valence-electron chi connectivity index (χ4n) is 3.80. The summed E-state index contributed by atoms with van der Waals surface area (Å²) in [7, 11) is 0. The molecule has 1 atom stereocenters. The van der Waals surface area contributed by atoms with Crippen molar-refractivity contribution in [3.05, 3.63) is 64.4 Å². The number of furan rings is 1. The smallest absolute Gasteiger partial charge is 0.287 e. The van der Waals surface area contributed by atoms with Crippen molar-refractivity contribution in [2.45, 2.75) is 52.7 Å². The van der Waals surface area contributed by atoms with E-state index in [1.807, 2.05) is 52.0 Å². The first-order chi connectivity index (χ1) is 13.8. The highest BCUT2D eigenvalue weighted by Gasteiger charge is 2.37. The molecule has 0 aliphatic carbocycles. The van der Waals surface area contributed by atoms with Crippen molar-refractivity contribution in [2.75, 3.05) is 0 Å². The second-order valence-electron chi connectivity index (χ2n) is 8.04. The van der Waals surface area contributed by atoms with Gasteiger partial charge < -0.3 is 14.5 Å². The number of carbonyl (C=O) groups is 2. The predicted octanol–water partition coefficient (Wildman–Crippen LogP) is 5.11. The molecule has 1 aromatic heterocycles. The van der Waals surface area contributed by atoms with Gasteiger partial charge in [0.1, 0.15) is 16.9 Å². The zero-order valence-electron chi connectivity index (χ0n) is 17.2. The van der Waals surface area contributed by atoms with Gasteiger partial charge in [-0.15, -0.1) is 0 Å². The van der Waals surface area contributed by atoms with Crippen LogP contribution in [0, 0.1) is 13.8 Å². The Bertz CT molecular complexity index is 1110. The van der Waals surface area contributed by atoms with Crippen molar-refractivity contribution >= 4 is 22.7 Å². The number of ether oxygens (including phenoxy) is 1. The third-order valence-corrected chi connectivity index (χ3v) is 5.75. The third-order valence-electron chi connectivity index (χ3n) is 5.75. The van der Waals surface area contributed by atoms with Crippen molar-refractivity contribution in [1.82, 2.24) is 5.32 Å². The van der Waals surface area contributed by atoms with E-state index in [9.17, 15) is 9.59 Å². The van der Waals surface area contributed by atoms with E-state index in [-0.39, 0.29) is 17.5 Å². The van der Waals surface area contributed by atoms with Crippen LogP contribution in [0.25, 0.3) is 11.0 Å². The Kier molecular flexibility index (Phi) is 4.69. The van der Waals surface area contributed by atoms with E-state index < -0.39 is 5.60 Å². The lowest BCUT2D eigenvalue weighted by molar-refractivity contribution is 0.0503. The van der Waals surface area contributed by atoms with Gasteiger partial charge in [-0.3, -0.25) is 9.59 Å². The fraction of sp³-hybridized carbons (Fsp3) is 0.333. The molecular weight excluding hydrogens is 366 g/mol. The van der Waals surface area contributed by atoms with Gasteiger partial charge in [-0.05, 0) is 44.9 Å². The molecule has 0 spiro atoms. The highest BCUT2D eigenvalue weighted by atomic mass is 16.5. The summed E-state index contributed by atoms with van der Waals surface area (Å²) in [5.74, 6) is 0.526. The zero-order chi connectivity index (χ0) is 20.8. The summed E-state index contributed by atoms with van der Waals surface area (Å²) in [5, 5.41) is 3.57. The van der Waals surface area contributed by atoms with Crippen LogP contribution in [0.5, 0.6) is 5.75 Å². The van der Waals surface area contributed by atoms with Crippen molar-refractivity contribution in [3.63, 3.8) is 0 Å². The summed E-state index contributed by atoms with van der Waals surface area (Å²) in [4.78, 5) is 25.7. The topological polar surface area (TPSA) is 68.5 Å². The number of rotatable bonds is 4. The van der Waals surface area contributed by atoms with Crippen LogP contribution >= 0.6 is 0 Å². The summed E-state index contributed by atoms with van der Waals surface area (Å²) >= 11 is 0. The van der Waals surface area contributed by atoms with E-state index in [2.05, 4.69) is 5.32 Å². The maximum atomic E-state index is 12.9. The van der Waals surface area contributed by atoms with Crippen LogP contribution in [0.2, 0.25) is 0 Å². The fourth-order valence-corrected chi connectivity index (χ4v) is 3.80. The lowest BCUT2D eigenvalue weighted by atomic mass is 9.87. The SMILES string of the molecule is CC[C@@]1(C)CC(=O)c2c(ccc3oc(C(=O)NCc4ccc(C)cc4)c(C)c23)O1. The van der Waals surface area contributed by atoms with E-state index in [1.54, 1.807) is 12.1 Å². The first kappa shape index (κ1) is 19.2. The molecule has 2 aromatic carbocycles. The van der Waals surface area contributed by atoms with Gasteiger partial charge in [0.05, 0.1) is 12.0 Å². The minimum absolute atomic E-state index is 0.0247. The van der Waals surface area contributed by atoms with Crippen LogP contribution < -0.4 is 10.1 Å². The van der Waals surface area contributed by atoms with E-state index in [1.165, 1.54) is 5.56 Å². The van der Waals surface area contributed by atoms with Crippen LogP contribution in [-0.2, 0) is 6.54 Å². The zero-order valence-corrected chi connectivity index (χ0v) is 17.2. The van der Waals surface area contributed by atoms with Gasteiger partial charge in [-0.25, -0.2) is 0 Å². The molecule has 0 saturated heterocycles. The number of fused-ring (bicyclic) bond motifs is 3. The molecular formula is C24H25NO4. The summed E-state index contributed by atoms with van der Waals surface area (Å²) in [6.07, 6.45) is 1.06. The second-order valence-corrected chi connectivity index (χ2v) is 8.04. The Hall–Kier alpha value is -3.08. The lowest BCUT2D eigenvalue weighted by Gasteiger charge is -2.34. The first-order valence-electron chi connectivity index (χ1n) is 9.93. The van der Waals surface area contributed by atoms with Gasteiger partial charge in [-0.2, -0.15) is 0 Å². The van der Waals surface area contributed by atoms with E-state index in [4.69, 9.17) is 9.15 Å². The number of aryl methyl sites for hydroxylation is 2. The molecule has 5 nitrogen and oxygen atoms in total. The molecule has 0 unspecified atom stereocenters. The van der Waals surface area contributed by atoms with Gasteiger partial charge in [-0.1, -0.05) is 36.8 Å². The summed E-state index contributed by atoms with van der Waals surface area (Å²) in [6, 6.07) is 11.5. The number of amides is 1. The minimum Gasteiger partial charge on any atom is -0.486 e. The molecule has 150 valence electrons. The van der Waals surface area contributed by atoms with Crippen LogP contribution in [0.1, 0.15) is 64.3 Å². The highest BCUT2D eigenvalue weighted by molar-refractivity contribution is 6.13. The molecule has 29 heavy (non-hydrogen) atoms. The number of hydrogen-bond acceptors (Lipinski definition) is 4. The number of Topliss-reactive ketones (excluding diaryl/α,β-unsaturated/α-hetero) is 1. The molecule has 3 aromatic rings. The van der Waals surface area contributed by atoms with Crippen molar-refractivity contribution in [2.24, 2.45) is 0 Å². The van der Waals surface area contributed by atoms with Crippen LogP contribution in [0.15, 0.2) is 40.8 Å². The average molecular weight is 391 g/mol. The minimum atomic E-state index is -0.496. The van der Waals surface area contributed by atoms with E-state index in [0.29, 0.717) is 40.8 Å². The van der Waals surface area contributed by atoms with Crippen LogP contribution in [-0.4, -0.2) is 17.3 Å². The summed E-state index contributed by atoms with van der Waals surface area (Å²) in [6.45, 7) is 8.20. The number of ketones is 1. The van der Waals surface area contributed by atoms with Gasteiger partial charge in [0.2, 0.25) is 0 Å². The molecule has 0 bridgehead atoms. The summed E-state index contributed by atoms with van der Waals surface area (Å²) < 4.78 is 12.0. The van der Waals surface area contributed by atoms with Gasteiger partial charge in [0.15, 0.2) is 11.5 Å². The Morgan fingerprint density at radius 3 is 2.55 bits per heavy atom. The standard InChI is InChI=1S/C24H25NO4/c1-5-24(4)12-17(26)21-19(29-24)11-10-18-20(21)15(3)22(28-18)23(27)25-13-16-8-6-14(2)7-9-16/h6-11H,5,12-13H2,1-4H3,(H,25,27)/t24-/m0/s1. The molecule has 1 N–H and O–H groups in total. The first-order valence-corrected chi connectivity index (χ1v) is 9.93. The number of carbonyl (C=O) groups excluding carboxylic acids is 2. The third kappa shape index (κ3) is 3.41. The Morgan fingerprint density at radius 2 is 1.86 bits per heavy atom. The molecule has 0 radical (unpaired) electrons. The van der Waals surface area contributed by atoms with Crippen LogP contribution in [0.4, 0.5) is 0 Å². The highest BCUT2D eigenvalue weighted by Crippen LogP contribution is 2.41. The predicted molar refractivity (Wildman–Crippen MR) is 112 cm³/mol. The lowest BCUT2D eigenvalue weighted by Crippen LogP contribution is -2.38. The Labute approximate surface area is 170 Å². The van der Waals surface area contributed by atoms with Gasteiger partial charge >= 0.3 is 0 Å². The quantitative estimate of drug-likeness (QED) is 0.671.